The van der Waals surface area contributed by atoms with Gasteiger partial charge in [-0.1, -0.05) is 23.7 Å². The average Bonchev–Trinajstić information content (AvgIpc) is 2.90. The highest BCUT2D eigenvalue weighted by Crippen LogP contribution is 2.34. The Hall–Kier alpha value is -3.47. The van der Waals surface area contributed by atoms with E-state index in [4.69, 9.17) is 27.1 Å². The first-order valence-electron chi connectivity index (χ1n) is 12.4. The van der Waals surface area contributed by atoms with Crippen LogP contribution in [0, 0.1) is 6.92 Å². The van der Waals surface area contributed by atoms with Crippen LogP contribution in [-0.4, -0.2) is 42.6 Å². The van der Waals surface area contributed by atoms with Crippen molar-refractivity contribution in [1.29, 1.82) is 0 Å². The number of sulfonamides is 1. The number of ether oxygens (including phenoxy) is 1. The van der Waals surface area contributed by atoms with Crippen LogP contribution in [0.25, 0.3) is 22.0 Å². The molecule has 0 radical (unpaired) electrons. The molecule has 4 N–H and O–H groups in total. The number of anilines is 2. The number of benzene rings is 2. The second-order valence-corrected chi connectivity index (χ2v) is 11.5. The summed E-state index contributed by atoms with van der Waals surface area (Å²) in [5, 5.41) is 4.45. The van der Waals surface area contributed by atoms with Crippen LogP contribution in [0.4, 0.5) is 11.8 Å². The van der Waals surface area contributed by atoms with E-state index in [0.29, 0.717) is 17.6 Å². The fraction of sp³-hybridized carbons (Fsp3) is 0.296. The zero-order valence-electron chi connectivity index (χ0n) is 21.1. The van der Waals surface area contributed by atoms with Gasteiger partial charge < -0.3 is 15.8 Å². The SMILES string of the molecule is COc1nc(NS(=O)(=O)c2ccccc2Cl)ccc1-c1cc(C)c2nc(N[C@H]3CC[C@@H](N)CC3)ncc2c1. The number of rotatable bonds is 7. The summed E-state index contributed by atoms with van der Waals surface area (Å²) in [5.41, 5.74) is 9.41. The molecule has 5 rings (SSSR count). The third-order valence-electron chi connectivity index (χ3n) is 6.71. The fourth-order valence-corrected chi connectivity index (χ4v) is 6.24. The Morgan fingerprint density at radius 2 is 1.82 bits per heavy atom. The number of nitrogens with two attached hydrogens (primary N) is 1. The minimum Gasteiger partial charge on any atom is -0.480 e. The summed E-state index contributed by atoms with van der Waals surface area (Å²) >= 11 is 6.08. The second-order valence-electron chi connectivity index (χ2n) is 9.47. The highest BCUT2D eigenvalue weighted by atomic mass is 35.5. The molecule has 1 aliphatic rings. The molecule has 2 aromatic carbocycles. The van der Waals surface area contributed by atoms with Gasteiger partial charge in [-0.15, -0.1) is 0 Å². The van der Waals surface area contributed by atoms with Gasteiger partial charge in [0.2, 0.25) is 11.8 Å². The van der Waals surface area contributed by atoms with Crippen LogP contribution in [0.3, 0.4) is 0 Å². The Bertz CT molecular complexity index is 1590. The quantitative estimate of drug-likeness (QED) is 0.287. The molecule has 2 heterocycles. The van der Waals surface area contributed by atoms with Crippen LogP contribution in [0.1, 0.15) is 31.2 Å². The van der Waals surface area contributed by atoms with Crippen LogP contribution in [0.15, 0.2) is 59.6 Å². The van der Waals surface area contributed by atoms with Crippen LogP contribution >= 0.6 is 11.6 Å². The van der Waals surface area contributed by atoms with Crippen molar-refractivity contribution in [3.05, 3.63) is 65.3 Å². The van der Waals surface area contributed by atoms with Crippen LogP contribution in [0.2, 0.25) is 5.02 Å². The molecule has 0 amide bonds. The summed E-state index contributed by atoms with van der Waals surface area (Å²) < 4.78 is 33.7. The molecule has 0 unspecified atom stereocenters. The maximum atomic E-state index is 12.8. The normalized spacial score (nSPS) is 17.8. The van der Waals surface area contributed by atoms with Gasteiger partial charge in [-0.05, 0) is 80.1 Å². The van der Waals surface area contributed by atoms with Crippen LogP contribution < -0.4 is 20.5 Å². The average molecular weight is 553 g/mol. The molecular formula is C27H29ClN6O3S. The number of aryl methyl sites for hydroxylation is 1. The third-order valence-corrected chi connectivity index (χ3v) is 8.56. The number of pyridine rings is 1. The van der Waals surface area contributed by atoms with E-state index in [2.05, 4.69) is 20.0 Å². The largest absolute Gasteiger partial charge is 0.480 e. The van der Waals surface area contributed by atoms with Crippen molar-refractivity contribution in [3.63, 3.8) is 0 Å². The van der Waals surface area contributed by atoms with E-state index in [1.807, 2.05) is 25.3 Å². The van der Waals surface area contributed by atoms with E-state index in [1.165, 1.54) is 19.2 Å². The summed E-state index contributed by atoms with van der Waals surface area (Å²) in [4.78, 5) is 13.7. The molecule has 1 fully saturated rings. The number of aromatic nitrogens is 3. The van der Waals surface area contributed by atoms with E-state index in [1.54, 1.807) is 24.3 Å². The van der Waals surface area contributed by atoms with Crippen molar-refractivity contribution in [2.45, 2.75) is 49.6 Å². The van der Waals surface area contributed by atoms with Crippen molar-refractivity contribution in [2.24, 2.45) is 5.73 Å². The van der Waals surface area contributed by atoms with Crippen molar-refractivity contribution < 1.29 is 13.2 Å². The number of hydrogen-bond donors (Lipinski definition) is 3. The molecule has 0 saturated heterocycles. The van der Waals surface area contributed by atoms with E-state index in [9.17, 15) is 8.42 Å². The lowest BCUT2D eigenvalue weighted by atomic mass is 9.92. The van der Waals surface area contributed by atoms with Crippen molar-refractivity contribution in [3.8, 4) is 17.0 Å². The summed E-state index contributed by atoms with van der Waals surface area (Å²) in [6, 6.07) is 14.2. The molecule has 1 saturated carbocycles. The molecule has 9 nitrogen and oxygen atoms in total. The van der Waals surface area contributed by atoms with Gasteiger partial charge >= 0.3 is 0 Å². The fourth-order valence-electron chi connectivity index (χ4n) is 4.72. The Kier molecular flexibility index (Phi) is 7.38. The van der Waals surface area contributed by atoms with Crippen LogP contribution in [-0.2, 0) is 10.0 Å². The van der Waals surface area contributed by atoms with Crippen molar-refractivity contribution in [2.75, 3.05) is 17.1 Å². The smallest absolute Gasteiger partial charge is 0.264 e. The molecule has 11 heteroatoms. The number of hydrogen-bond acceptors (Lipinski definition) is 8. The van der Waals surface area contributed by atoms with Gasteiger partial charge in [0.15, 0.2) is 0 Å². The molecule has 0 spiro atoms. The van der Waals surface area contributed by atoms with E-state index in [-0.39, 0.29) is 27.7 Å². The highest BCUT2D eigenvalue weighted by Gasteiger charge is 2.21. The zero-order chi connectivity index (χ0) is 26.9. The van der Waals surface area contributed by atoms with Crippen LogP contribution in [0.5, 0.6) is 5.88 Å². The molecule has 4 aromatic rings. The molecular weight excluding hydrogens is 524 g/mol. The molecule has 0 aliphatic heterocycles. The predicted octanol–water partition coefficient (Wildman–Crippen LogP) is 5.14. The minimum absolute atomic E-state index is 0.0300. The van der Waals surface area contributed by atoms with Gasteiger partial charge in [-0.3, -0.25) is 4.72 Å². The molecule has 2 aromatic heterocycles. The molecule has 38 heavy (non-hydrogen) atoms. The molecule has 0 bridgehead atoms. The lowest BCUT2D eigenvalue weighted by Crippen LogP contribution is -2.33. The first-order valence-corrected chi connectivity index (χ1v) is 14.2. The van der Waals surface area contributed by atoms with Crippen molar-refractivity contribution in [1.82, 2.24) is 15.0 Å². The minimum atomic E-state index is -3.93. The summed E-state index contributed by atoms with van der Waals surface area (Å²) in [7, 11) is -2.44. The Balaban J connectivity index is 1.41. The number of halogens is 1. The highest BCUT2D eigenvalue weighted by molar-refractivity contribution is 7.92. The van der Waals surface area contributed by atoms with Gasteiger partial charge in [0.1, 0.15) is 10.7 Å². The maximum absolute atomic E-state index is 12.8. The molecule has 1 aliphatic carbocycles. The van der Waals surface area contributed by atoms with E-state index in [0.717, 1.165) is 47.7 Å². The lowest BCUT2D eigenvalue weighted by molar-refractivity contribution is 0.400. The van der Waals surface area contributed by atoms with Gasteiger partial charge in [-0.2, -0.15) is 4.98 Å². The number of methoxy groups -OCH3 is 1. The summed E-state index contributed by atoms with van der Waals surface area (Å²) in [6.07, 6.45) is 5.84. The Labute approximate surface area is 226 Å². The van der Waals surface area contributed by atoms with Gasteiger partial charge in [0.05, 0.1) is 17.6 Å². The first kappa shape index (κ1) is 26.1. The monoisotopic (exact) mass is 552 g/mol. The van der Waals surface area contributed by atoms with E-state index < -0.39 is 10.0 Å². The van der Waals surface area contributed by atoms with Gasteiger partial charge in [0.25, 0.3) is 10.0 Å². The topological polar surface area (TPSA) is 132 Å². The lowest BCUT2D eigenvalue weighted by Gasteiger charge is -2.26. The Morgan fingerprint density at radius 3 is 2.55 bits per heavy atom. The molecule has 0 atom stereocenters. The van der Waals surface area contributed by atoms with Gasteiger partial charge in [0, 0.05) is 29.2 Å². The van der Waals surface area contributed by atoms with Crippen molar-refractivity contribution >= 4 is 44.3 Å². The Morgan fingerprint density at radius 1 is 1.05 bits per heavy atom. The summed E-state index contributed by atoms with van der Waals surface area (Å²) in [6.45, 7) is 1.99. The zero-order valence-corrected chi connectivity index (χ0v) is 22.7. The molecule has 198 valence electrons. The standard InChI is InChI=1S/C27H29ClN6O3S/c1-16-13-17(14-18-15-30-27(33-25(16)18)31-20-9-7-19(29)8-10-20)21-11-12-24(32-26(21)37-2)34-38(35,36)23-6-4-3-5-22(23)28/h3-6,11-15,19-20H,7-10,29H2,1-2H3,(H,32,34)(H,30,31,33)/t19-,20+. The second kappa shape index (κ2) is 10.7. The maximum Gasteiger partial charge on any atom is 0.264 e. The number of nitrogens with zero attached hydrogens (tertiary/aromatic N) is 3. The predicted molar refractivity (Wildman–Crippen MR) is 150 cm³/mol. The summed E-state index contributed by atoms with van der Waals surface area (Å²) in [5.74, 6) is 1.01. The third kappa shape index (κ3) is 5.52. The number of fused-ring (bicyclic) bond motifs is 1. The van der Waals surface area contributed by atoms with E-state index >= 15 is 0 Å². The first-order chi connectivity index (χ1) is 18.2. The number of nitrogens with one attached hydrogen (secondary N) is 2. The van der Waals surface area contributed by atoms with Gasteiger partial charge in [-0.25, -0.2) is 18.4 Å².